The SMILES string of the molecule is CC1(C)c2ccccc2-c2cc(C3c4ccccc4-c4c3c3sc5ccccc5c3c3c5ccccc5c5ccccc5c43)ccc21. The Kier molecular flexibility index (Phi) is 4.94. The highest BCUT2D eigenvalue weighted by atomic mass is 32.1. The van der Waals surface area contributed by atoms with Gasteiger partial charge in [0.1, 0.15) is 0 Å². The van der Waals surface area contributed by atoms with Gasteiger partial charge in [-0.15, -0.1) is 11.3 Å². The van der Waals surface area contributed by atoms with Gasteiger partial charge in [0, 0.05) is 36.9 Å². The Bertz CT molecular complexity index is 2830. The van der Waals surface area contributed by atoms with Crippen LogP contribution >= 0.6 is 11.3 Å². The van der Waals surface area contributed by atoms with Gasteiger partial charge in [-0.3, -0.25) is 0 Å². The predicted octanol–water partition coefficient (Wildman–Crippen LogP) is 13.0. The smallest absolute Gasteiger partial charge is 0.0409 e. The molecular weight excluding hydrogens is 585 g/mol. The molecule has 0 spiro atoms. The maximum absolute atomic E-state index is 2.53. The van der Waals surface area contributed by atoms with E-state index in [1.807, 2.05) is 11.3 Å². The third kappa shape index (κ3) is 3.18. The Morgan fingerprint density at radius 2 is 1.09 bits per heavy atom. The van der Waals surface area contributed by atoms with Crippen LogP contribution in [0.1, 0.15) is 47.6 Å². The Balaban J connectivity index is 1.36. The third-order valence-corrected chi connectivity index (χ3v) is 12.5. The Labute approximate surface area is 277 Å². The summed E-state index contributed by atoms with van der Waals surface area (Å²) in [7, 11) is 0. The fourth-order valence-electron chi connectivity index (χ4n) is 9.34. The molecular formula is C46H30S. The van der Waals surface area contributed by atoms with Crippen molar-refractivity contribution in [3.05, 3.63) is 167 Å². The maximum Gasteiger partial charge on any atom is 0.0409 e. The molecule has 1 heterocycles. The monoisotopic (exact) mass is 614 g/mol. The van der Waals surface area contributed by atoms with E-state index >= 15 is 0 Å². The molecule has 47 heavy (non-hydrogen) atoms. The van der Waals surface area contributed by atoms with Gasteiger partial charge in [-0.1, -0.05) is 141 Å². The zero-order valence-electron chi connectivity index (χ0n) is 26.3. The van der Waals surface area contributed by atoms with Gasteiger partial charge in [-0.2, -0.15) is 0 Å². The zero-order valence-corrected chi connectivity index (χ0v) is 27.1. The topological polar surface area (TPSA) is 0 Å². The average molecular weight is 615 g/mol. The van der Waals surface area contributed by atoms with Crippen molar-refractivity contribution in [2.75, 3.05) is 0 Å². The lowest BCUT2D eigenvalue weighted by molar-refractivity contribution is 0.660. The molecule has 0 aliphatic heterocycles. The Hall–Kier alpha value is -5.24. The van der Waals surface area contributed by atoms with E-state index in [4.69, 9.17) is 0 Å². The first-order chi connectivity index (χ1) is 23.1. The molecule has 2 aliphatic carbocycles. The first kappa shape index (κ1) is 25.9. The molecule has 1 unspecified atom stereocenters. The van der Waals surface area contributed by atoms with Gasteiger partial charge >= 0.3 is 0 Å². The van der Waals surface area contributed by atoms with E-state index in [9.17, 15) is 0 Å². The number of fused-ring (bicyclic) bond motifs is 18. The molecule has 0 saturated carbocycles. The minimum atomic E-state index is -0.00906. The molecule has 220 valence electrons. The normalized spacial score (nSPS) is 15.8. The minimum absolute atomic E-state index is 0.00906. The largest absolute Gasteiger partial charge is 0.135 e. The van der Waals surface area contributed by atoms with Crippen LogP contribution in [0, 0.1) is 0 Å². The van der Waals surface area contributed by atoms with Crippen LogP contribution in [0.5, 0.6) is 0 Å². The van der Waals surface area contributed by atoms with E-state index in [1.54, 1.807) is 0 Å². The van der Waals surface area contributed by atoms with E-state index in [2.05, 4.69) is 153 Å². The number of thiophene rings is 1. The van der Waals surface area contributed by atoms with Crippen molar-refractivity contribution >= 4 is 63.8 Å². The van der Waals surface area contributed by atoms with Crippen LogP contribution in [0.15, 0.2) is 140 Å². The fourth-order valence-corrected chi connectivity index (χ4v) is 10.6. The quantitative estimate of drug-likeness (QED) is 0.161. The lowest BCUT2D eigenvalue weighted by Crippen LogP contribution is -2.14. The first-order valence-corrected chi connectivity index (χ1v) is 17.5. The summed E-state index contributed by atoms with van der Waals surface area (Å²) in [5, 5.41) is 10.9. The van der Waals surface area contributed by atoms with E-state index < -0.39 is 0 Å². The highest BCUT2D eigenvalue weighted by Gasteiger charge is 2.39. The van der Waals surface area contributed by atoms with E-state index in [0.29, 0.717) is 0 Å². The summed E-state index contributed by atoms with van der Waals surface area (Å²) in [6.45, 7) is 4.75. The molecule has 8 aromatic carbocycles. The summed E-state index contributed by atoms with van der Waals surface area (Å²) < 4.78 is 2.78. The van der Waals surface area contributed by atoms with Crippen molar-refractivity contribution < 1.29 is 0 Å². The van der Waals surface area contributed by atoms with Crippen molar-refractivity contribution in [3.63, 3.8) is 0 Å². The zero-order chi connectivity index (χ0) is 31.0. The molecule has 0 nitrogen and oxygen atoms in total. The third-order valence-electron chi connectivity index (χ3n) is 11.3. The van der Waals surface area contributed by atoms with Crippen molar-refractivity contribution in [1.29, 1.82) is 0 Å². The second kappa shape index (κ2) is 8.97. The van der Waals surface area contributed by atoms with Crippen LogP contribution in [-0.2, 0) is 5.41 Å². The van der Waals surface area contributed by atoms with Crippen molar-refractivity contribution in [3.8, 4) is 22.3 Å². The van der Waals surface area contributed by atoms with Gasteiger partial charge in [0.2, 0.25) is 0 Å². The van der Waals surface area contributed by atoms with E-state index in [0.717, 1.165) is 0 Å². The maximum atomic E-state index is 2.53. The van der Waals surface area contributed by atoms with Gasteiger partial charge in [0.25, 0.3) is 0 Å². The lowest BCUT2D eigenvalue weighted by Gasteiger charge is -2.22. The molecule has 0 amide bonds. The van der Waals surface area contributed by atoms with Gasteiger partial charge in [-0.05, 0) is 89.1 Å². The van der Waals surface area contributed by atoms with Crippen molar-refractivity contribution in [2.45, 2.75) is 25.2 Å². The number of benzene rings is 8. The molecule has 0 bridgehead atoms. The summed E-state index contributed by atoms with van der Waals surface area (Å²) in [4.78, 5) is 0. The van der Waals surface area contributed by atoms with Crippen LogP contribution in [0.25, 0.3) is 74.7 Å². The highest BCUT2D eigenvalue weighted by Crippen LogP contribution is 2.59. The van der Waals surface area contributed by atoms with Crippen molar-refractivity contribution in [2.24, 2.45) is 0 Å². The summed E-state index contributed by atoms with van der Waals surface area (Å²) in [5.74, 6) is 0.146. The minimum Gasteiger partial charge on any atom is -0.135 e. The molecule has 1 aromatic heterocycles. The van der Waals surface area contributed by atoms with Crippen LogP contribution in [0.2, 0.25) is 0 Å². The second-order valence-corrected chi connectivity index (χ2v) is 15.0. The average Bonchev–Trinajstić information content (AvgIpc) is 3.74. The lowest BCUT2D eigenvalue weighted by atomic mass is 9.81. The van der Waals surface area contributed by atoms with Crippen LogP contribution in [0.4, 0.5) is 0 Å². The van der Waals surface area contributed by atoms with Gasteiger partial charge in [-0.25, -0.2) is 0 Å². The fraction of sp³-hybridized carbons (Fsp3) is 0.0870. The summed E-state index contributed by atoms with van der Waals surface area (Å²) in [5.41, 5.74) is 12.7. The molecule has 0 radical (unpaired) electrons. The van der Waals surface area contributed by atoms with E-state index in [1.165, 1.54) is 103 Å². The molecule has 1 heteroatoms. The van der Waals surface area contributed by atoms with Crippen LogP contribution in [-0.4, -0.2) is 0 Å². The molecule has 1 atom stereocenters. The second-order valence-electron chi connectivity index (χ2n) is 13.9. The van der Waals surface area contributed by atoms with Gasteiger partial charge in [0.05, 0.1) is 0 Å². The van der Waals surface area contributed by atoms with E-state index in [-0.39, 0.29) is 11.3 Å². The Morgan fingerprint density at radius 1 is 0.489 bits per heavy atom. The van der Waals surface area contributed by atoms with Gasteiger partial charge in [0.15, 0.2) is 0 Å². The first-order valence-electron chi connectivity index (χ1n) is 16.6. The molecule has 0 N–H and O–H groups in total. The molecule has 2 aliphatic rings. The number of rotatable bonds is 1. The summed E-state index contributed by atoms with van der Waals surface area (Å²) in [6, 6.07) is 52.9. The highest BCUT2D eigenvalue weighted by molar-refractivity contribution is 7.26. The van der Waals surface area contributed by atoms with Crippen molar-refractivity contribution in [1.82, 2.24) is 0 Å². The summed E-state index contributed by atoms with van der Waals surface area (Å²) >= 11 is 1.98. The number of hydrogen-bond donors (Lipinski definition) is 0. The number of hydrogen-bond acceptors (Lipinski definition) is 1. The predicted molar refractivity (Wildman–Crippen MR) is 202 cm³/mol. The summed E-state index contributed by atoms with van der Waals surface area (Å²) in [6.07, 6.45) is 0. The molecule has 0 fully saturated rings. The Morgan fingerprint density at radius 3 is 1.87 bits per heavy atom. The van der Waals surface area contributed by atoms with Crippen LogP contribution in [0.3, 0.4) is 0 Å². The standard InChI is InChI=1S/C46H30S/c1-46(2)36-21-11-9-15-29(36)35-25-26(23-24-37(35)46)39-32-18-7-8-19-33(32)42-40-30-16-5-3-13-27(30)28-14-4-6-17-31(28)41(40)43-34-20-10-12-22-38(34)47-45(43)44(39)42/h3-25,39H,1-2H3. The molecule has 11 rings (SSSR count). The van der Waals surface area contributed by atoms with Crippen LogP contribution < -0.4 is 0 Å². The van der Waals surface area contributed by atoms with Gasteiger partial charge < -0.3 is 0 Å². The molecule has 9 aromatic rings. The molecule has 0 saturated heterocycles.